The molecule has 0 saturated heterocycles. The SMILES string of the molecule is Cc1ccc(Cl)c(Br)c1CC#N. The average Bonchev–Trinajstić information content (AvgIpc) is 2.06. The minimum atomic E-state index is 0.396. The summed E-state index contributed by atoms with van der Waals surface area (Å²) in [6.45, 7) is 1.97. The van der Waals surface area contributed by atoms with Gasteiger partial charge in [0.1, 0.15) is 0 Å². The van der Waals surface area contributed by atoms with E-state index in [0.29, 0.717) is 11.4 Å². The second-order valence-corrected chi connectivity index (χ2v) is 3.69. The Morgan fingerprint density at radius 3 is 2.83 bits per heavy atom. The van der Waals surface area contributed by atoms with Gasteiger partial charge in [0, 0.05) is 4.47 Å². The third-order valence-electron chi connectivity index (χ3n) is 1.69. The molecule has 0 aromatic heterocycles. The van der Waals surface area contributed by atoms with Gasteiger partial charge in [-0.1, -0.05) is 17.7 Å². The zero-order valence-corrected chi connectivity index (χ0v) is 8.91. The quantitative estimate of drug-likeness (QED) is 0.742. The van der Waals surface area contributed by atoms with Gasteiger partial charge in [0.25, 0.3) is 0 Å². The largest absolute Gasteiger partial charge is 0.198 e. The van der Waals surface area contributed by atoms with Gasteiger partial charge in [-0.2, -0.15) is 5.26 Å². The molecule has 1 aromatic carbocycles. The summed E-state index contributed by atoms with van der Waals surface area (Å²) < 4.78 is 0.839. The Hall–Kier alpha value is -0.520. The first kappa shape index (κ1) is 9.57. The number of hydrogen-bond acceptors (Lipinski definition) is 1. The molecule has 0 saturated carbocycles. The van der Waals surface area contributed by atoms with Gasteiger partial charge >= 0.3 is 0 Å². The van der Waals surface area contributed by atoms with Crippen LogP contribution in [0.15, 0.2) is 16.6 Å². The minimum Gasteiger partial charge on any atom is -0.198 e. The number of nitrogens with zero attached hydrogens (tertiary/aromatic N) is 1. The summed E-state index contributed by atoms with van der Waals surface area (Å²) in [6, 6.07) is 5.84. The van der Waals surface area contributed by atoms with Crippen molar-refractivity contribution >= 4 is 27.5 Å². The van der Waals surface area contributed by atoms with E-state index in [9.17, 15) is 0 Å². The van der Waals surface area contributed by atoms with Gasteiger partial charge in [0.2, 0.25) is 0 Å². The standard InChI is InChI=1S/C9H7BrClN/c1-6-2-3-8(11)9(10)7(6)4-5-12/h2-3H,4H2,1H3. The highest BCUT2D eigenvalue weighted by Crippen LogP contribution is 2.28. The first-order chi connectivity index (χ1) is 5.66. The van der Waals surface area contributed by atoms with Crippen LogP contribution in [-0.4, -0.2) is 0 Å². The molecule has 3 heteroatoms. The van der Waals surface area contributed by atoms with Crippen LogP contribution in [0.1, 0.15) is 11.1 Å². The van der Waals surface area contributed by atoms with Crippen LogP contribution in [0.3, 0.4) is 0 Å². The van der Waals surface area contributed by atoms with Crippen molar-refractivity contribution < 1.29 is 0 Å². The van der Waals surface area contributed by atoms with Crippen LogP contribution in [0.2, 0.25) is 5.02 Å². The third kappa shape index (κ3) is 1.80. The molecule has 0 radical (unpaired) electrons. The predicted molar refractivity (Wildman–Crippen MR) is 53.2 cm³/mol. The van der Waals surface area contributed by atoms with Crippen LogP contribution >= 0.6 is 27.5 Å². The number of benzene rings is 1. The van der Waals surface area contributed by atoms with Gasteiger partial charge in [-0.25, -0.2) is 0 Å². The Bertz CT molecular complexity index is 341. The fourth-order valence-electron chi connectivity index (χ4n) is 0.985. The smallest absolute Gasteiger partial charge is 0.0670 e. The highest BCUT2D eigenvalue weighted by molar-refractivity contribution is 9.10. The van der Waals surface area contributed by atoms with E-state index in [-0.39, 0.29) is 0 Å². The number of halogens is 2. The summed E-state index contributed by atoms with van der Waals surface area (Å²) in [5, 5.41) is 9.20. The van der Waals surface area contributed by atoms with Crippen molar-refractivity contribution in [1.29, 1.82) is 5.26 Å². The normalized spacial score (nSPS) is 9.50. The molecule has 0 aliphatic heterocycles. The van der Waals surface area contributed by atoms with Crippen LogP contribution in [0.4, 0.5) is 0 Å². The van der Waals surface area contributed by atoms with Crippen LogP contribution in [0.25, 0.3) is 0 Å². The maximum absolute atomic E-state index is 8.55. The van der Waals surface area contributed by atoms with Gasteiger partial charge in [-0.15, -0.1) is 0 Å². The topological polar surface area (TPSA) is 23.8 Å². The Kier molecular flexibility index (Phi) is 3.13. The van der Waals surface area contributed by atoms with E-state index in [1.54, 1.807) is 0 Å². The molecule has 0 unspecified atom stereocenters. The Morgan fingerprint density at radius 2 is 2.25 bits per heavy atom. The first-order valence-electron chi connectivity index (χ1n) is 3.47. The Labute approximate surface area is 85.1 Å². The average molecular weight is 245 g/mol. The molecule has 0 spiro atoms. The molecule has 0 amide bonds. The van der Waals surface area contributed by atoms with Gasteiger partial charge in [0.15, 0.2) is 0 Å². The molecule has 0 aliphatic rings. The van der Waals surface area contributed by atoms with Gasteiger partial charge < -0.3 is 0 Å². The highest BCUT2D eigenvalue weighted by Gasteiger charge is 2.06. The van der Waals surface area contributed by atoms with E-state index in [4.69, 9.17) is 16.9 Å². The van der Waals surface area contributed by atoms with E-state index >= 15 is 0 Å². The lowest BCUT2D eigenvalue weighted by Crippen LogP contribution is -1.89. The number of aryl methyl sites for hydroxylation is 1. The maximum Gasteiger partial charge on any atom is 0.0670 e. The fourth-order valence-corrected chi connectivity index (χ4v) is 1.75. The molecule has 0 N–H and O–H groups in total. The molecule has 0 fully saturated rings. The van der Waals surface area contributed by atoms with Crippen molar-refractivity contribution in [2.75, 3.05) is 0 Å². The summed E-state index contributed by atoms with van der Waals surface area (Å²) in [4.78, 5) is 0. The van der Waals surface area contributed by atoms with Gasteiger partial charge in [-0.05, 0) is 40.0 Å². The number of nitriles is 1. The molecule has 62 valence electrons. The lowest BCUT2D eigenvalue weighted by atomic mass is 10.1. The molecule has 1 rings (SSSR count). The van der Waals surface area contributed by atoms with Crippen LogP contribution in [0, 0.1) is 18.3 Å². The third-order valence-corrected chi connectivity index (χ3v) is 3.14. The van der Waals surface area contributed by atoms with Crippen molar-refractivity contribution in [2.45, 2.75) is 13.3 Å². The second kappa shape index (κ2) is 3.93. The maximum atomic E-state index is 8.55. The lowest BCUT2D eigenvalue weighted by molar-refractivity contribution is 1.20. The summed E-state index contributed by atoms with van der Waals surface area (Å²) in [5.41, 5.74) is 2.07. The van der Waals surface area contributed by atoms with E-state index in [2.05, 4.69) is 22.0 Å². The van der Waals surface area contributed by atoms with Crippen molar-refractivity contribution in [3.63, 3.8) is 0 Å². The van der Waals surface area contributed by atoms with E-state index in [1.165, 1.54) is 0 Å². The lowest BCUT2D eigenvalue weighted by Gasteiger charge is -2.05. The second-order valence-electron chi connectivity index (χ2n) is 2.49. The minimum absolute atomic E-state index is 0.396. The fraction of sp³-hybridized carbons (Fsp3) is 0.222. The first-order valence-corrected chi connectivity index (χ1v) is 4.64. The van der Waals surface area contributed by atoms with Crippen molar-refractivity contribution in [2.24, 2.45) is 0 Å². The molecule has 0 atom stereocenters. The van der Waals surface area contributed by atoms with Crippen LogP contribution < -0.4 is 0 Å². The van der Waals surface area contributed by atoms with Crippen molar-refractivity contribution in [1.82, 2.24) is 0 Å². The summed E-state index contributed by atoms with van der Waals surface area (Å²) in [6.07, 6.45) is 0.396. The van der Waals surface area contributed by atoms with Gasteiger partial charge in [-0.3, -0.25) is 0 Å². The summed E-state index contributed by atoms with van der Waals surface area (Å²) in [5.74, 6) is 0. The molecular formula is C9H7BrClN. The van der Waals surface area contributed by atoms with E-state index < -0.39 is 0 Å². The number of hydrogen-bond donors (Lipinski definition) is 0. The van der Waals surface area contributed by atoms with Crippen LogP contribution in [-0.2, 0) is 6.42 Å². The Morgan fingerprint density at radius 1 is 1.58 bits per heavy atom. The highest BCUT2D eigenvalue weighted by atomic mass is 79.9. The molecule has 0 heterocycles. The van der Waals surface area contributed by atoms with E-state index in [1.807, 2.05) is 19.1 Å². The van der Waals surface area contributed by atoms with Gasteiger partial charge in [0.05, 0.1) is 17.5 Å². The molecule has 12 heavy (non-hydrogen) atoms. The molecule has 1 nitrogen and oxygen atoms in total. The predicted octanol–water partition coefficient (Wildman–Crippen LogP) is 3.48. The zero-order valence-electron chi connectivity index (χ0n) is 6.56. The van der Waals surface area contributed by atoms with Crippen LogP contribution in [0.5, 0.6) is 0 Å². The molecule has 1 aromatic rings. The van der Waals surface area contributed by atoms with Crippen molar-refractivity contribution in [3.05, 3.63) is 32.8 Å². The van der Waals surface area contributed by atoms with E-state index in [0.717, 1.165) is 15.6 Å². The Balaban J connectivity index is 3.25. The summed E-state index contributed by atoms with van der Waals surface area (Å²) >= 11 is 9.21. The molecule has 0 aliphatic carbocycles. The summed E-state index contributed by atoms with van der Waals surface area (Å²) in [7, 11) is 0. The number of rotatable bonds is 1. The molecule has 0 bridgehead atoms. The molecular weight excluding hydrogens is 237 g/mol. The monoisotopic (exact) mass is 243 g/mol. The van der Waals surface area contributed by atoms with Crippen molar-refractivity contribution in [3.8, 4) is 6.07 Å². The zero-order chi connectivity index (χ0) is 9.14.